The van der Waals surface area contributed by atoms with Gasteiger partial charge >= 0.3 is 0 Å². The summed E-state index contributed by atoms with van der Waals surface area (Å²) in [6.07, 6.45) is 4.82. The van der Waals surface area contributed by atoms with Gasteiger partial charge in [0.1, 0.15) is 5.75 Å². The molecule has 1 aromatic heterocycles. The summed E-state index contributed by atoms with van der Waals surface area (Å²) in [7, 11) is 1.66. The third-order valence-corrected chi connectivity index (χ3v) is 6.14. The largest absolute Gasteiger partial charge is 0.497 e. The molecule has 3 rings (SSSR count). The number of aromatic nitrogens is 3. The highest BCUT2D eigenvalue weighted by atomic mass is 32.2. The lowest BCUT2D eigenvalue weighted by Crippen LogP contribution is -2.31. The zero-order valence-corrected chi connectivity index (χ0v) is 18.0. The normalized spacial score (nSPS) is 19.6. The lowest BCUT2D eigenvalue weighted by atomic mass is 9.85. The summed E-state index contributed by atoms with van der Waals surface area (Å²) in [6.45, 7) is 6.24. The van der Waals surface area contributed by atoms with Crippen LogP contribution < -0.4 is 10.1 Å². The molecule has 1 aliphatic rings. The maximum absolute atomic E-state index is 12.1. The molecule has 2 aromatic rings. The maximum atomic E-state index is 12.1. The van der Waals surface area contributed by atoms with E-state index >= 15 is 0 Å². The predicted molar refractivity (Wildman–Crippen MR) is 113 cm³/mol. The van der Waals surface area contributed by atoms with Crippen LogP contribution in [0.5, 0.6) is 5.75 Å². The summed E-state index contributed by atoms with van der Waals surface area (Å²) in [4.78, 5) is 12.1. The van der Waals surface area contributed by atoms with Crippen LogP contribution in [-0.4, -0.2) is 39.6 Å². The fraction of sp³-hybridized carbons (Fsp3) is 0.571. The number of nitrogens with one attached hydrogen (secondary N) is 1. The van der Waals surface area contributed by atoms with Crippen molar-refractivity contribution >= 4 is 17.7 Å². The van der Waals surface area contributed by atoms with E-state index in [1.54, 1.807) is 7.11 Å². The van der Waals surface area contributed by atoms with Gasteiger partial charge < -0.3 is 10.1 Å². The van der Waals surface area contributed by atoms with Gasteiger partial charge in [0.25, 0.3) is 0 Å². The molecule has 1 N–H and O–H groups in total. The van der Waals surface area contributed by atoms with Crippen LogP contribution in [0, 0.1) is 5.92 Å². The highest BCUT2D eigenvalue weighted by molar-refractivity contribution is 7.99. The second kappa shape index (κ2) is 9.45. The Hall–Kier alpha value is -2.02. The van der Waals surface area contributed by atoms with Crippen LogP contribution in [0.25, 0.3) is 11.4 Å². The van der Waals surface area contributed by atoms with Crippen LogP contribution in [0.3, 0.4) is 0 Å². The Morgan fingerprint density at radius 1 is 1.25 bits per heavy atom. The highest BCUT2D eigenvalue weighted by Gasteiger charge is 2.29. The number of rotatable bonds is 7. The van der Waals surface area contributed by atoms with E-state index in [0.717, 1.165) is 28.7 Å². The Morgan fingerprint density at radius 2 is 1.96 bits per heavy atom. The standard InChI is InChI=1S/C21H30N4O2S/c1-14(2)22-19(26)13-28-21-24-23-20(16-9-11-17(27-4)12-10-16)25(21)18-8-6-5-7-15(18)3/h9-12,14-15,18H,5-8,13H2,1-4H3,(H,22,26)/t15-,18-/m1/s1. The Morgan fingerprint density at radius 3 is 2.61 bits per heavy atom. The summed E-state index contributed by atoms with van der Waals surface area (Å²) < 4.78 is 7.54. The van der Waals surface area contributed by atoms with Gasteiger partial charge in [-0.1, -0.05) is 31.5 Å². The van der Waals surface area contributed by atoms with Crippen molar-refractivity contribution in [3.63, 3.8) is 0 Å². The quantitative estimate of drug-likeness (QED) is 0.699. The van der Waals surface area contributed by atoms with E-state index in [0.29, 0.717) is 17.7 Å². The Balaban J connectivity index is 1.90. The van der Waals surface area contributed by atoms with E-state index < -0.39 is 0 Å². The predicted octanol–water partition coefficient (Wildman–Crippen LogP) is 4.32. The highest BCUT2D eigenvalue weighted by Crippen LogP contribution is 2.39. The van der Waals surface area contributed by atoms with Gasteiger partial charge in [0.05, 0.1) is 12.9 Å². The number of hydrogen-bond acceptors (Lipinski definition) is 5. The van der Waals surface area contributed by atoms with Crippen molar-refractivity contribution in [2.24, 2.45) is 5.92 Å². The van der Waals surface area contributed by atoms with Gasteiger partial charge in [-0.3, -0.25) is 9.36 Å². The first-order valence-corrected chi connectivity index (χ1v) is 11.0. The van der Waals surface area contributed by atoms with E-state index in [1.807, 2.05) is 38.1 Å². The molecule has 6 nitrogen and oxygen atoms in total. The van der Waals surface area contributed by atoms with Gasteiger partial charge in [0.15, 0.2) is 11.0 Å². The van der Waals surface area contributed by atoms with Crippen molar-refractivity contribution in [2.45, 2.75) is 63.7 Å². The number of carbonyl (C=O) groups is 1. The number of carbonyl (C=O) groups excluding carboxylic acids is 1. The fourth-order valence-corrected chi connectivity index (χ4v) is 4.59. The molecule has 0 saturated heterocycles. The van der Waals surface area contributed by atoms with E-state index in [9.17, 15) is 4.79 Å². The van der Waals surface area contributed by atoms with Crippen LogP contribution in [0.4, 0.5) is 0 Å². The Bertz CT molecular complexity index is 788. The second-order valence-corrected chi connectivity index (χ2v) is 8.69. The fourth-order valence-electron chi connectivity index (χ4n) is 3.79. The molecule has 1 aliphatic carbocycles. The molecule has 0 radical (unpaired) electrons. The molecule has 1 amide bonds. The van der Waals surface area contributed by atoms with Gasteiger partial charge in [0, 0.05) is 17.6 Å². The number of hydrogen-bond donors (Lipinski definition) is 1. The third kappa shape index (κ3) is 4.87. The molecule has 28 heavy (non-hydrogen) atoms. The molecule has 7 heteroatoms. The summed E-state index contributed by atoms with van der Waals surface area (Å²) in [6, 6.07) is 8.43. The molecule has 0 bridgehead atoms. The minimum atomic E-state index is 0.0252. The van der Waals surface area contributed by atoms with Gasteiger partial charge in [-0.2, -0.15) is 0 Å². The number of nitrogens with zero attached hydrogens (tertiary/aromatic N) is 3. The molecule has 0 unspecified atom stereocenters. The molecular weight excluding hydrogens is 372 g/mol. The molecule has 1 aromatic carbocycles. The minimum Gasteiger partial charge on any atom is -0.497 e. The number of ether oxygens (including phenoxy) is 1. The molecule has 1 fully saturated rings. The first-order chi connectivity index (χ1) is 13.5. The first-order valence-electron chi connectivity index (χ1n) is 10.0. The molecular formula is C21H30N4O2S. The van der Waals surface area contributed by atoms with Gasteiger partial charge in [0.2, 0.25) is 5.91 Å². The second-order valence-electron chi connectivity index (χ2n) is 7.74. The van der Waals surface area contributed by atoms with Crippen LogP contribution in [0.1, 0.15) is 52.5 Å². The van der Waals surface area contributed by atoms with Crippen LogP contribution in [-0.2, 0) is 4.79 Å². The SMILES string of the molecule is COc1ccc(-c2nnc(SCC(=O)NC(C)C)n2[C@@H]2CCCC[C@H]2C)cc1. The topological polar surface area (TPSA) is 69.0 Å². The van der Waals surface area contributed by atoms with Crippen LogP contribution in [0.2, 0.25) is 0 Å². The summed E-state index contributed by atoms with van der Waals surface area (Å²) in [5.74, 6) is 2.62. The van der Waals surface area contributed by atoms with E-state index in [1.165, 1.54) is 31.0 Å². The average Bonchev–Trinajstić information content (AvgIpc) is 3.10. The lowest BCUT2D eigenvalue weighted by molar-refractivity contribution is -0.119. The summed E-state index contributed by atoms with van der Waals surface area (Å²) >= 11 is 1.47. The zero-order chi connectivity index (χ0) is 20.1. The number of amides is 1. The molecule has 1 saturated carbocycles. The molecule has 0 spiro atoms. The summed E-state index contributed by atoms with van der Waals surface area (Å²) in [5.41, 5.74) is 1.02. The van der Waals surface area contributed by atoms with Crippen molar-refractivity contribution < 1.29 is 9.53 Å². The number of thioether (sulfide) groups is 1. The zero-order valence-electron chi connectivity index (χ0n) is 17.1. The molecule has 1 heterocycles. The minimum absolute atomic E-state index is 0.0252. The van der Waals surface area contributed by atoms with Crippen LogP contribution >= 0.6 is 11.8 Å². The van der Waals surface area contributed by atoms with Crippen molar-refractivity contribution in [3.8, 4) is 17.1 Å². The van der Waals surface area contributed by atoms with Gasteiger partial charge in [-0.15, -0.1) is 10.2 Å². The molecule has 2 atom stereocenters. The van der Waals surface area contributed by atoms with Gasteiger partial charge in [-0.25, -0.2) is 0 Å². The van der Waals surface area contributed by atoms with Crippen molar-refractivity contribution in [2.75, 3.05) is 12.9 Å². The lowest BCUT2D eigenvalue weighted by Gasteiger charge is -2.31. The summed E-state index contributed by atoms with van der Waals surface area (Å²) in [5, 5.41) is 12.7. The number of benzene rings is 1. The van der Waals surface area contributed by atoms with Crippen molar-refractivity contribution in [1.82, 2.24) is 20.1 Å². The van der Waals surface area contributed by atoms with Crippen molar-refractivity contribution in [3.05, 3.63) is 24.3 Å². The number of methoxy groups -OCH3 is 1. The Labute approximate surface area is 171 Å². The monoisotopic (exact) mass is 402 g/mol. The molecule has 0 aliphatic heterocycles. The Kier molecular flexibility index (Phi) is 6.99. The van der Waals surface area contributed by atoms with E-state index in [4.69, 9.17) is 4.74 Å². The van der Waals surface area contributed by atoms with Crippen LogP contribution in [0.15, 0.2) is 29.4 Å². The van der Waals surface area contributed by atoms with Gasteiger partial charge in [-0.05, 0) is 56.9 Å². The maximum Gasteiger partial charge on any atom is 0.230 e. The third-order valence-electron chi connectivity index (χ3n) is 5.19. The molecule has 152 valence electrons. The average molecular weight is 403 g/mol. The van der Waals surface area contributed by atoms with E-state index in [-0.39, 0.29) is 11.9 Å². The first kappa shape index (κ1) is 20.7. The van der Waals surface area contributed by atoms with E-state index in [2.05, 4.69) is 27.0 Å². The van der Waals surface area contributed by atoms with Crippen molar-refractivity contribution in [1.29, 1.82) is 0 Å². The smallest absolute Gasteiger partial charge is 0.230 e.